The van der Waals surface area contributed by atoms with E-state index in [0.717, 1.165) is 13.1 Å². The fraction of sp³-hybridized carbons (Fsp3) is 0.571. The van der Waals surface area contributed by atoms with Crippen molar-refractivity contribution in [3.63, 3.8) is 0 Å². The number of likely N-dealkylation sites (tertiary alicyclic amines) is 1. The van der Waals surface area contributed by atoms with E-state index < -0.39 is 0 Å². The Labute approximate surface area is 152 Å². The lowest BCUT2D eigenvalue weighted by atomic mass is 10.0. The lowest BCUT2D eigenvalue weighted by molar-refractivity contribution is 0.108. The normalized spacial score (nSPS) is 18.8. The van der Waals surface area contributed by atoms with Gasteiger partial charge in [0.05, 0.1) is 6.54 Å². The topological polar surface area (TPSA) is 24.3 Å². The van der Waals surface area contributed by atoms with Gasteiger partial charge >= 0.3 is 0 Å². The highest BCUT2D eigenvalue weighted by Gasteiger charge is 2.23. The van der Waals surface area contributed by atoms with E-state index in [1.54, 1.807) is 0 Å². The van der Waals surface area contributed by atoms with E-state index in [2.05, 4.69) is 69.9 Å². The van der Waals surface area contributed by atoms with Gasteiger partial charge < -0.3 is 9.47 Å². The van der Waals surface area contributed by atoms with Crippen LogP contribution in [0.1, 0.15) is 37.6 Å². The minimum Gasteiger partial charge on any atom is -0.334 e. The van der Waals surface area contributed by atoms with Gasteiger partial charge in [-0.25, -0.2) is 4.98 Å². The van der Waals surface area contributed by atoms with Crippen molar-refractivity contribution in [1.29, 1.82) is 0 Å². The second kappa shape index (κ2) is 9.16. The fourth-order valence-electron chi connectivity index (χ4n) is 3.88. The summed E-state index contributed by atoms with van der Waals surface area (Å²) in [5.41, 5.74) is 1.46. The molecule has 1 aromatic carbocycles. The molecule has 1 unspecified atom stereocenters. The van der Waals surface area contributed by atoms with E-state index in [4.69, 9.17) is 0 Å². The summed E-state index contributed by atoms with van der Waals surface area (Å²) in [6.45, 7) is 7.78. The molecule has 2 heterocycles. The van der Waals surface area contributed by atoms with E-state index in [1.165, 1.54) is 56.7 Å². The maximum Gasteiger partial charge on any atom is 0.122 e. The Bertz CT molecular complexity index is 622. The molecule has 0 bridgehead atoms. The Balaban J connectivity index is 1.45. The number of hydrogen-bond acceptors (Lipinski definition) is 3. The van der Waals surface area contributed by atoms with Gasteiger partial charge in [-0.1, -0.05) is 30.3 Å². The van der Waals surface area contributed by atoms with E-state index in [1.807, 2.05) is 6.20 Å². The Morgan fingerprint density at radius 1 is 1.24 bits per heavy atom. The molecule has 136 valence electrons. The van der Waals surface area contributed by atoms with Crippen LogP contribution in [0.5, 0.6) is 0 Å². The predicted octanol–water partition coefficient (Wildman–Crippen LogP) is 3.43. The Morgan fingerprint density at radius 2 is 2.08 bits per heavy atom. The Kier molecular flexibility index (Phi) is 6.65. The van der Waals surface area contributed by atoms with E-state index in [9.17, 15) is 0 Å². The van der Waals surface area contributed by atoms with Crippen LogP contribution in [0.15, 0.2) is 42.7 Å². The quantitative estimate of drug-likeness (QED) is 0.736. The lowest BCUT2D eigenvalue weighted by Gasteiger charge is -2.37. The summed E-state index contributed by atoms with van der Waals surface area (Å²) in [7, 11) is 2.26. The lowest BCUT2D eigenvalue weighted by Crippen LogP contribution is -2.46. The second-order valence-electron chi connectivity index (χ2n) is 7.23. The third kappa shape index (κ3) is 5.16. The number of benzene rings is 1. The molecule has 0 spiro atoms. The zero-order chi connectivity index (χ0) is 17.5. The monoisotopic (exact) mass is 340 g/mol. The number of imidazole rings is 1. The highest BCUT2D eigenvalue weighted by Crippen LogP contribution is 2.17. The number of nitrogens with zero attached hydrogens (tertiary/aromatic N) is 4. The van der Waals surface area contributed by atoms with Crippen LogP contribution in [0.4, 0.5) is 0 Å². The molecule has 1 aliphatic rings. The van der Waals surface area contributed by atoms with Gasteiger partial charge in [-0.05, 0) is 58.3 Å². The van der Waals surface area contributed by atoms with Crippen LogP contribution < -0.4 is 0 Å². The summed E-state index contributed by atoms with van der Waals surface area (Å²) in [5, 5.41) is 0. The molecule has 0 amide bonds. The minimum absolute atomic E-state index is 0.646. The predicted molar refractivity (Wildman–Crippen MR) is 104 cm³/mol. The van der Waals surface area contributed by atoms with Gasteiger partial charge in [-0.2, -0.15) is 0 Å². The molecule has 25 heavy (non-hydrogen) atoms. The summed E-state index contributed by atoms with van der Waals surface area (Å²) >= 11 is 0. The molecule has 2 aromatic rings. The molecular formula is C21H32N4. The van der Waals surface area contributed by atoms with Crippen molar-refractivity contribution in [3.8, 4) is 0 Å². The van der Waals surface area contributed by atoms with Crippen molar-refractivity contribution in [2.45, 2.75) is 51.7 Å². The van der Waals surface area contributed by atoms with Gasteiger partial charge in [-0.3, -0.25) is 4.90 Å². The molecular weight excluding hydrogens is 308 g/mol. The van der Waals surface area contributed by atoms with Gasteiger partial charge in [0.15, 0.2) is 0 Å². The van der Waals surface area contributed by atoms with Gasteiger partial charge in [0.1, 0.15) is 5.82 Å². The second-order valence-corrected chi connectivity index (χ2v) is 7.23. The number of likely N-dealkylation sites (N-methyl/N-ethyl adjacent to an activating group) is 1. The van der Waals surface area contributed by atoms with Crippen LogP contribution in [0, 0.1) is 0 Å². The Morgan fingerprint density at radius 3 is 2.88 bits per heavy atom. The maximum absolute atomic E-state index is 4.53. The number of aryl methyl sites for hydroxylation is 2. The van der Waals surface area contributed by atoms with Crippen molar-refractivity contribution in [1.82, 2.24) is 19.4 Å². The van der Waals surface area contributed by atoms with Crippen LogP contribution in [0.2, 0.25) is 0 Å². The molecule has 1 aliphatic heterocycles. The molecule has 3 rings (SSSR count). The molecule has 0 saturated carbocycles. The first-order chi connectivity index (χ1) is 12.3. The number of hydrogen-bond donors (Lipinski definition) is 0. The molecule has 0 radical (unpaired) electrons. The average molecular weight is 341 g/mol. The smallest absolute Gasteiger partial charge is 0.122 e. The number of aromatic nitrogens is 2. The SMILES string of the molecule is CCn1ccnc1CN(C)C1CCCN(CCCc2ccccc2)C1. The fourth-order valence-corrected chi connectivity index (χ4v) is 3.88. The average Bonchev–Trinajstić information content (AvgIpc) is 3.10. The van der Waals surface area contributed by atoms with Gasteiger partial charge in [0.2, 0.25) is 0 Å². The van der Waals surface area contributed by atoms with E-state index >= 15 is 0 Å². The van der Waals surface area contributed by atoms with E-state index in [0.29, 0.717) is 6.04 Å². The summed E-state index contributed by atoms with van der Waals surface area (Å²) in [5.74, 6) is 1.19. The first kappa shape index (κ1) is 18.2. The first-order valence-corrected chi connectivity index (χ1v) is 9.72. The number of rotatable bonds is 8. The number of piperidine rings is 1. The van der Waals surface area contributed by atoms with Crippen LogP contribution in [-0.2, 0) is 19.5 Å². The van der Waals surface area contributed by atoms with Crippen LogP contribution in [0.3, 0.4) is 0 Å². The molecule has 1 aromatic heterocycles. The van der Waals surface area contributed by atoms with Crippen LogP contribution >= 0.6 is 0 Å². The molecule has 4 heteroatoms. The van der Waals surface area contributed by atoms with Crippen molar-refractivity contribution in [2.24, 2.45) is 0 Å². The molecule has 0 aliphatic carbocycles. The minimum atomic E-state index is 0.646. The van der Waals surface area contributed by atoms with Gasteiger partial charge in [0, 0.05) is 31.5 Å². The first-order valence-electron chi connectivity index (χ1n) is 9.72. The molecule has 4 nitrogen and oxygen atoms in total. The van der Waals surface area contributed by atoms with Crippen molar-refractivity contribution in [2.75, 3.05) is 26.7 Å². The zero-order valence-corrected chi connectivity index (χ0v) is 15.8. The summed E-state index contributed by atoms with van der Waals surface area (Å²) < 4.78 is 2.25. The van der Waals surface area contributed by atoms with Crippen molar-refractivity contribution in [3.05, 3.63) is 54.1 Å². The summed E-state index contributed by atoms with van der Waals surface area (Å²) in [4.78, 5) is 9.68. The Hall–Kier alpha value is -1.65. The van der Waals surface area contributed by atoms with Crippen molar-refractivity contribution >= 4 is 0 Å². The third-order valence-corrected chi connectivity index (χ3v) is 5.42. The molecule has 1 fully saturated rings. The summed E-state index contributed by atoms with van der Waals surface area (Å²) in [6.07, 6.45) is 9.05. The summed E-state index contributed by atoms with van der Waals surface area (Å²) in [6, 6.07) is 11.5. The molecule has 1 atom stereocenters. The maximum atomic E-state index is 4.53. The largest absolute Gasteiger partial charge is 0.334 e. The zero-order valence-electron chi connectivity index (χ0n) is 15.8. The van der Waals surface area contributed by atoms with Crippen molar-refractivity contribution < 1.29 is 0 Å². The molecule has 0 N–H and O–H groups in total. The highest BCUT2D eigenvalue weighted by atomic mass is 15.2. The standard InChI is InChI=1S/C21H32N4/c1-3-25-16-13-22-21(25)18-23(2)20-12-8-15-24(17-20)14-7-11-19-9-5-4-6-10-19/h4-6,9-10,13,16,20H,3,7-8,11-12,14-15,17-18H2,1-2H3. The van der Waals surface area contributed by atoms with Crippen LogP contribution in [0.25, 0.3) is 0 Å². The molecule has 1 saturated heterocycles. The van der Waals surface area contributed by atoms with Gasteiger partial charge in [0.25, 0.3) is 0 Å². The van der Waals surface area contributed by atoms with Gasteiger partial charge in [-0.15, -0.1) is 0 Å². The van der Waals surface area contributed by atoms with Crippen LogP contribution in [-0.4, -0.2) is 52.1 Å². The third-order valence-electron chi connectivity index (χ3n) is 5.42. The van der Waals surface area contributed by atoms with E-state index in [-0.39, 0.29) is 0 Å². The highest BCUT2D eigenvalue weighted by molar-refractivity contribution is 5.14.